The molecular weight excluding hydrogens is 366 g/mol. The zero-order valence-corrected chi connectivity index (χ0v) is 15.7. The number of nitro benzene ring substituents is 1. The van der Waals surface area contributed by atoms with Crippen LogP contribution in [0.1, 0.15) is 22.8 Å². The smallest absolute Gasteiger partial charge is 0.339 e. The van der Waals surface area contributed by atoms with Crippen LogP contribution < -0.4 is 15.4 Å². The van der Waals surface area contributed by atoms with Gasteiger partial charge < -0.3 is 20.1 Å². The average Bonchev–Trinajstić information content (AvgIpc) is 2.71. The van der Waals surface area contributed by atoms with Gasteiger partial charge in [-0.1, -0.05) is 12.1 Å². The Balaban J connectivity index is 1.96. The number of benzene rings is 2. The molecule has 148 valence electrons. The first kappa shape index (κ1) is 20.7. The molecule has 0 spiro atoms. The minimum atomic E-state index is -1.06. The minimum Gasteiger partial charge on any atom is -0.497 e. The maximum atomic E-state index is 12.2. The Hall–Kier alpha value is -3.62. The molecule has 0 aliphatic carbocycles. The first-order valence-corrected chi connectivity index (χ1v) is 8.43. The molecule has 2 aromatic carbocycles. The molecular formula is C19H21N3O6. The molecule has 2 rings (SSSR count). The van der Waals surface area contributed by atoms with Crippen molar-refractivity contribution < 1.29 is 24.0 Å². The van der Waals surface area contributed by atoms with Gasteiger partial charge in [-0.15, -0.1) is 0 Å². The first-order valence-electron chi connectivity index (χ1n) is 8.43. The van der Waals surface area contributed by atoms with Gasteiger partial charge in [0.05, 0.1) is 17.6 Å². The van der Waals surface area contributed by atoms with E-state index in [0.717, 1.165) is 11.6 Å². The molecule has 0 saturated heterocycles. The van der Waals surface area contributed by atoms with Gasteiger partial charge in [0.25, 0.3) is 11.6 Å². The van der Waals surface area contributed by atoms with Crippen molar-refractivity contribution in [2.24, 2.45) is 0 Å². The van der Waals surface area contributed by atoms with E-state index < -0.39 is 22.9 Å². The molecule has 2 aromatic rings. The van der Waals surface area contributed by atoms with E-state index in [2.05, 4.69) is 10.6 Å². The third kappa shape index (κ3) is 5.19. The van der Waals surface area contributed by atoms with E-state index >= 15 is 0 Å². The van der Waals surface area contributed by atoms with Crippen LogP contribution in [0.4, 0.5) is 11.4 Å². The quantitative estimate of drug-likeness (QED) is 0.406. The monoisotopic (exact) mass is 387 g/mol. The molecule has 0 saturated carbocycles. The van der Waals surface area contributed by atoms with Gasteiger partial charge in [-0.2, -0.15) is 0 Å². The van der Waals surface area contributed by atoms with Gasteiger partial charge in [0.1, 0.15) is 11.4 Å². The second-order valence-corrected chi connectivity index (χ2v) is 5.85. The van der Waals surface area contributed by atoms with E-state index in [9.17, 15) is 19.7 Å². The van der Waals surface area contributed by atoms with Gasteiger partial charge in [0.15, 0.2) is 6.10 Å². The maximum Gasteiger partial charge on any atom is 0.339 e. The number of nitro groups is 1. The molecule has 0 fully saturated rings. The Morgan fingerprint density at radius 2 is 1.86 bits per heavy atom. The lowest BCUT2D eigenvalue weighted by Gasteiger charge is -2.14. The Labute approximate surface area is 161 Å². The van der Waals surface area contributed by atoms with Crippen molar-refractivity contribution in [3.8, 4) is 5.75 Å². The van der Waals surface area contributed by atoms with E-state index in [0.29, 0.717) is 5.75 Å². The van der Waals surface area contributed by atoms with Crippen molar-refractivity contribution in [2.75, 3.05) is 19.5 Å². The van der Waals surface area contributed by atoms with Crippen molar-refractivity contribution in [2.45, 2.75) is 19.6 Å². The lowest BCUT2D eigenvalue weighted by atomic mass is 10.1. The third-order valence-corrected chi connectivity index (χ3v) is 3.98. The van der Waals surface area contributed by atoms with Crippen LogP contribution in [0, 0.1) is 10.1 Å². The fraction of sp³-hybridized carbons (Fsp3) is 0.263. The van der Waals surface area contributed by atoms with Gasteiger partial charge in [0.2, 0.25) is 0 Å². The second-order valence-electron chi connectivity index (χ2n) is 5.85. The third-order valence-electron chi connectivity index (χ3n) is 3.98. The lowest BCUT2D eigenvalue weighted by molar-refractivity contribution is -0.384. The van der Waals surface area contributed by atoms with Gasteiger partial charge in [-0.25, -0.2) is 4.79 Å². The average molecular weight is 387 g/mol. The summed E-state index contributed by atoms with van der Waals surface area (Å²) < 4.78 is 10.2. The SMILES string of the molecule is CNc1ccc(C(=O)OC(C)C(=O)NCc2ccc(OC)cc2)cc1[N+](=O)[O-]. The fourth-order valence-electron chi connectivity index (χ4n) is 2.38. The molecule has 0 radical (unpaired) electrons. The number of methoxy groups -OCH3 is 1. The van der Waals surface area contributed by atoms with Gasteiger partial charge in [0, 0.05) is 19.7 Å². The minimum absolute atomic E-state index is 0.0134. The fourth-order valence-corrected chi connectivity index (χ4v) is 2.38. The van der Waals surface area contributed by atoms with Gasteiger partial charge >= 0.3 is 5.97 Å². The van der Waals surface area contributed by atoms with Gasteiger partial charge in [-0.05, 0) is 36.8 Å². The van der Waals surface area contributed by atoms with Crippen LogP contribution in [0.2, 0.25) is 0 Å². The van der Waals surface area contributed by atoms with Crippen LogP contribution in [-0.4, -0.2) is 37.1 Å². The molecule has 9 nitrogen and oxygen atoms in total. The first-order chi connectivity index (χ1) is 13.3. The normalized spacial score (nSPS) is 11.2. The van der Waals surface area contributed by atoms with Crippen molar-refractivity contribution >= 4 is 23.3 Å². The highest BCUT2D eigenvalue weighted by Crippen LogP contribution is 2.25. The lowest BCUT2D eigenvalue weighted by Crippen LogP contribution is -2.35. The number of esters is 1. The van der Waals surface area contributed by atoms with Crippen LogP contribution in [0.3, 0.4) is 0 Å². The molecule has 0 aliphatic rings. The zero-order valence-electron chi connectivity index (χ0n) is 15.7. The van der Waals surface area contributed by atoms with Crippen molar-refractivity contribution in [3.05, 3.63) is 63.7 Å². The highest BCUT2D eigenvalue weighted by Gasteiger charge is 2.22. The number of nitrogens with one attached hydrogen (secondary N) is 2. The van der Waals surface area contributed by atoms with Crippen LogP contribution in [0.15, 0.2) is 42.5 Å². The van der Waals surface area contributed by atoms with Crippen molar-refractivity contribution in [1.82, 2.24) is 5.32 Å². The number of anilines is 1. The molecule has 9 heteroatoms. The van der Waals surface area contributed by atoms with Crippen LogP contribution in [-0.2, 0) is 16.1 Å². The molecule has 28 heavy (non-hydrogen) atoms. The Kier molecular flexibility index (Phi) is 6.91. The predicted molar refractivity (Wildman–Crippen MR) is 102 cm³/mol. The number of hydrogen-bond donors (Lipinski definition) is 2. The molecule has 1 amide bonds. The van der Waals surface area contributed by atoms with Crippen molar-refractivity contribution in [3.63, 3.8) is 0 Å². The Bertz CT molecular complexity index is 866. The second kappa shape index (κ2) is 9.36. The maximum absolute atomic E-state index is 12.2. The molecule has 0 bridgehead atoms. The van der Waals surface area contributed by atoms with Crippen LogP contribution in [0.25, 0.3) is 0 Å². The van der Waals surface area contributed by atoms with E-state index in [1.807, 2.05) is 0 Å². The van der Waals surface area contributed by atoms with E-state index in [1.165, 1.54) is 26.1 Å². The topological polar surface area (TPSA) is 120 Å². The number of rotatable bonds is 8. The van der Waals surface area contributed by atoms with E-state index in [4.69, 9.17) is 9.47 Å². The Morgan fingerprint density at radius 3 is 2.43 bits per heavy atom. The van der Waals surface area contributed by atoms with E-state index in [-0.39, 0.29) is 23.5 Å². The predicted octanol–water partition coefficient (Wildman–Crippen LogP) is 2.51. The summed E-state index contributed by atoms with van der Waals surface area (Å²) in [5.41, 5.74) is 0.854. The number of nitrogens with zero attached hydrogens (tertiary/aromatic N) is 1. The largest absolute Gasteiger partial charge is 0.497 e. The summed E-state index contributed by atoms with van der Waals surface area (Å²) in [5, 5.41) is 16.4. The molecule has 1 unspecified atom stereocenters. The summed E-state index contributed by atoms with van der Waals surface area (Å²) in [7, 11) is 3.10. The van der Waals surface area contributed by atoms with Crippen LogP contribution in [0.5, 0.6) is 5.75 Å². The standard InChI is InChI=1S/C19H21N3O6/c1-12(18(23)21-11-13-4-7-15(27-3)8-5-13)28-19(24)14-6-9-16(20-2)17(10-14)22(25)26/h4-10,12,20H,11H2,1-3H3,(H,21,23). The summed E-state index contributed by atoms with van der Waals surface area (Å²) >= 11 is 0. The highest BCUT2D eigenvalue weighted by atomic mass is 16.6. The zero-order chi connectivity index (χ0) is 20.7. The summed E-state index contributed by atoms with van der Waals surface area (Å²) in [5.74, 6) is -0.598. The molecule has 0 heterocycles. The number of ether oxygens (including phenoxy) is 2. The number of carbonyl (C=O) groups is 2. The van der Waals surface area contributed by atoms with Crippen LogP contribution >= 0.6 is 0 Å². The molecule has 2 N–H and O–H groups in total. The van der Waals surface area contributed by atoms with Gasteiger partial charge in [-0.3, -0.25) is 14.9 Å². The highest BCUT2D eigenvalue weighted by molar-refractivity contribution is 5.93. The Morgan fingerprint density at radius 1 is 1.18 bits per heavy atom. The summed E-state index contributed by atoms with van der Waals surface area (Å²) in [6.45, 7) is 1.69. The molecule has 1 atom stereocenters. The summed E-state index contributed by atoms with van der Waals surface area (Å²) in [6.07, 6.45) is -1.06. The van der Waals surface area contributed by atoms with E-state index in [1.54, 1.807) is 31.4 Å². The number of amides is 1. The summed E-state index contributed by atoms with van der Waals surface area (Å²) in [6, 6.07) is 11.1. The molecule has 0 aliphatic heterocycles. The number of hydrogen-bond acceptors (Lipinski definition) is 7. The molecule has 0 aromatic heterocycles. The summed E-state index contributed by atoms with van der Waals surface area (Å²) in [4.78, 5) is 34.9. The number of carbonyl (C=O) groups excluding carboxylic acids is 2. The van der Waals surface area contributed by atoms with Crippen molar-refractivity contribution in [1.29, 1.82) is 0 Å².